The van der Waals surface area contributed by atoms with Crippen LogP contribution in [0, 0.1) is 0 Å². The molecule has 38 heavy (non-hydrogen) atoms. The van der Waals surface area contributed by atoms with Crippen LogP contribution in [0.3, 0.4) is 0 Å². The van der Waals surface area contributed by atoms with E-state index in [1.807, 2.05) is 68.4 Å². The Morgan fingerprint density at radius 1 is 0.947 bits per heavy atom. The van der Waals surface area contributed by atoms with E-state index in [-0.39, 0.29) is 24.3 Å². The lowest BCUT2D eigenvalue weighted by molar-refractivity contribution is -0.141. The highest BCUT2D eigenvalue weighted by Gasteiger charge is 2.30. The van der Waals surface area contributed by atoms with Crippen molar-refractivity contribution in [3.8, 4) is 11.5 Å². The van der Waals surface area contributed by atoms with Crippen LogP contribution in [0.25, 0.3) is 0 Å². The number of benzene rings is 3. The standard InChI is InChI=1S/C31H37ClN2O4/c1-4-23(2)33-31(36)29(21-24-10-6-5-7-11-24)34(22-25-12-8-13-28(20-25)37-3)30(35)14-9-19-38-27-17-15-26(32)16-18-27/h5-8,10-13,15-18,20,23,29H,4,9,14,19,21-22H2,1-3H3,(H,33,36)/t23-,29+/m0/s1. The average molecular weight is 537 g/mol. The van der Waals surface area contributed by atoms with E-state index in [2.05, 4.69) is 5.32 Å². The van der Waals surface area contributed by atoms with E-state index in [1.54, 1.807) is 36.3 Å². The van der Waals surface area contributed by atoms with Gasteiger partial charge in [-0.15, -0.1) is 0 Å². The van der Waals surface area contributed by atoms with Crippen molar-refractivity contribution >= 4 is 23.4 Å². The van der Waals surface area contributed by atoms with Crippen LogP contribution in [0.2, 0.25) is 5.02 Å². The topological polar surface area (TPSA) is 67.9 Å². The van der Waals surface area contributed by atoms with Gasteiger partial charge in [-0.1, -0.05) is 61.0 Å². The zero-order valence-corrected chi connectivity index (χ0v) is 23.1. The molecule has 2 atom stereocenters. The highest BCUT2D eigenvalue weighted by atomic mass is 35.5. The van der Waals surface area contributed by atoms with Gasteiger partial charge in [0.05, 0.1) is 13.7 Å². The lowest BCUT2D eigenvalue weighted by Crippen LogP contribution is -2.52. The van der Waals surface area contributed by atoms with Crippen LogP contribution in [0.5, 0.6) is 11.5 Å². The minimum absolute atomic E-state index is 0.00215. The number of halogens is 1. The Balaban J connectivity index is 1.81. The number of rotatable bonds is 14. The predicted molar refractivity (Wildman–Crippen MR) is 152 cm³/mol. The SMILES string of the molecule is CC[C@H](C)NC(=O)[C@@H](Cc1ccccc1)N(Cc1cccc(OC)c1)C(=O)CCCOc1ccc(Cl)cc1. The van der Waals surface area contributed by atoms with Crippen molar-refractivity contribution < 1.29 is 19.1 Å². The predicted octanol–water partition coefficient (Wildman–Crippen LogP) is 6.06. The van der Waals surface area contributed by atoms with Gasteiger partial charge >= 0.3 is 0 Å². The molecule has 0 aromatic heterocycles. The van der Waals surface area contributed by atoms with Crippen LogP contribution in [-0.2, 0) is 22.6 Å². The molecule has 2 amide bonds. The van der Waals surface area contributed by atoms with E-state index in [0.717, 1.165) is 17.5 Å². The molecular weight excluding hydrogens is 500 g/mol. The average Bonchev–Trinajstić information content (AvgIpc) is 2.94. The monoisotopic (exact) mass is 536 g/mol. The first-order valence-electron chi connectivity index (χ1n) is 13.0. The van der Waals surface area contributed by atoms with Crippen LogP contribution in [-0.4, -0.2) is 42.5 Å². The van der Waals surface area contributed by atoms with E-state index in [0.29, 0.717) is 42.5 Å². The molecule has 6 nitrogen and oxygen atoms in total. The molecule has 3 aromatic rings. The summed E-state index contributed by atoms with van der Waals surface area (Å²) in [6, 6.07) is 23.9. The van der Waals surface area contributed by atoms with Gasteiger partial charge in [0.15, 0.2) is 0 Å². The van der Waals surface area contributed by atoms with Crippen LogP contribution in [0.1, 0.15) is 44.2 Å². The Bertz CT molecular complexity index is 1150. The Morgan fingerprint density at radius 2 is 1.66 bits per heavy atom. The number of nitrogens with one attached hydrogen (secondary N) is 1. The minimum Gasteiger partial charge on any atom is -0.497 e. The maximum atomic E-state index is 13.7. The molecule has 7 heteroatoms. The third-order valence-electron chi connectivity index (χ3n) is 6.38. The largest absolute Gasteiger partial charge is 0.497 e. The van der Waals surface area contributed by atoms with Crippen molar-refractivity contribution in [1.82, 2.24) is 10.2 Å². The molecule has 0 fully saturated rings. The van der Waals surface area contributed by atoms with Gasteiger partial charge in [0.1, 0.15) is 17.5 Å². The maximum Gasteiger partial charge on any atom is 0.243 e. The zero-order chi connectivity index (χ0) is 27.3. The second-order valence-electron chi connectivity index (χ2n) is 9.30. The highest BCUT2D eigenvalue weighted by Crippen LogP contribution is 2.20. The van der Waals surface area contributed by atoms with Crippen LogP contribution < -0.4 is 14.8 Å². The van der Waals surface area contributed by atoms with Crippen molar-refractivity contribution in [2.45, 2.75) is 58.2 Å². The Kier molecular flexibility index (Phi) is 11.5. The van der Waals surface area contributed by atoms with Crippen molar-refractivity contribution in [2.24, 2.45) is 0 Å². The second kappa shape index (κ2) is 15.0. The summed E-state index contributed by atoms with van der Waals surface area (Å²) in [5.41, 5.74) is 1.89. The first-order chi connectivity index (χ1) is 18.4. The Hall–Kier alpha value is -3.51. The fraction of sp³-hybridized carbons (Fsp3) is 0.355. The number of carbonyl (C=O) groups is 2. The van der Waals surface area contributed by atoms with E-state index in [9.17, 15) is 9.59 Å². The lowest BCUT2D eigenvalue weighted by Gasteiger charge is -2.32. The summed E-state index contributed by atoms with van der Waals surface area (Å²) in [5.74, 6) is 1.14. The van der Waals surface area contributed by atoms with Gasteiger partial charge < -0.3 is 19.7 Å². The molecule has 0 aliphatic rings. The number of methoxy groups -OCH3 is 1. The molecule has 0 radical (unpaired) electrons. The van der Waals surface area contributed by atoms with Crippen molar-refractivity contribution in [3.63, 3.8) is 0 Å². The molecule has 0 bridgehead atoms. The third kappa shape index (κ3) is 9.10. The van der Waals surface area contributed by atoms with E-state index >= 15 is 0 Å². The first kappa shape index (κ1) is 29.1. The zero-order valence-electron chi connectivity index (χ0n) is 22.4. The lowest BCUT2D eigenvalue weighted by atomic mass is 10.0. The maximum absolute atomic E-state index is 13.7. The molecule has 0 aliphatic heterocycles. The fourth-order valence-corrected chi connectivity index (χ4v) is 4.18. The summed E-state index contributed by atoms with van der Waals surface area (Å²) in [6.45, 7) is 4.67. The van der Waals surface area contributed by atoms with Crippen LogP contribution in [0.15, 0.2) is 78.9 Å². The molecule has 1 N–H and O–H groups in total. The van der Waals surface area contributed by atoms with Crippen molar-refractivity contribution in [2.75, 3.05) is 13.7 Å². The van der Waals surface area contributed by atoms with Crippen LogP contribution in [0.4, 0.5) is 0 Å². The number of hydrogen-bond acceptors (Lipinski definition) is 4. The molecule has 0 unspecified atom stereocenters. The normalized spacial score (nSPS) is 12.3. The summed E-state index contributed by atoms with van der Waals surface area (Å²) in [5, 5.41) is 3.73. The fourth-order valence-electron chi connectivity index (χ4n) is 4.05. The summed E-state index contributed by atoms with van der Waals surface area (Å²) >= 11 is 5.94. The van der Waals surface area contributed by atoms with E-state index in [4.69, 9.17) is 21.1 Å². The quantitative estimate of drug-likeness (QED) is 0.254. The van der Waals surface area contributed by atoms with Gasteiger partial charge in [-0.2, -0.15) is 0 Å². The number of amides is 2. The molecule has 3 aromatic carbocycles. The molecule has 3 rings (SSSR count). The summed E-state index contributed by atoms with van der Waals surface area (Å²) < 4.78 is 11.2. The third-order valence-corrected chi connectivity index (χ3v) is 6.63. The van der Waals surface area contributed by atoms with Crippen molar-refractivity contribution in [1.29, 1.82) is 0 Å². The molecular formula is C31H37ClN2O4. The molecule has 202 valence electrons. The van der Waals surface area contributed by atoms with Gasteiger partial charge in [0.25, 0.3) is 0 Å². The Morgan fingerprint density at radius 3 is 2.34 bits per heavy atom. The second-order valence-corrected chi connectivity index (χ2v) is 9.74. The molecule has 0 heterocycles. The molecule has 0 saturated heterocycles. The molecule has 0 aliphatic carbocycles. The summed E-state index contributed by atoms with van der Waals surface area (Å²) in [6.07, 6.45) is 1.98. The van der Waals surface area contributed by atoms with E-state index in [1.165, 1.54) is 0 Å². The minimum atomic E-state index is -0.665. The van der Waals surface area contributed by atoms with Gasteiger partial charge in [-0.3, -0.25) is 9.59 Å². The molecule has 0 saturated carbocycles. The smallest absolute Gasteiger partial charge is 0.243 e. The first-order valence-corrected chi connectivity index (χ1v) is 13.4. The van der Waals surface area contributed by atoms with Gasteiger partial charge in [0, 0.05) is 30.5 Å². The van der Waals surface area contributed by atoms with Crippen LogP contribution >= 0.6 is 11.6 Å². The summed E-state index contributed by atoms with van der Waals surface area (Å²) in [4.78, 5) is 28.9. The van der Waals surface area contributed by atoms with Gasteiger partial charge in [-0.25, -0.2) is 0 Å². The number of nitrogens with zero attached hydrogens (tertiary/aromatic N) is 1. The highest BCUT2D eigenvalue weighted by molar-refractivity contribution is 6.30. The van der Waals surface area contributed by atoms with Gasteiger partial charge in [-0.05, 0) is 67.3 Å². The molecule has 0 spiro atoms. The number of ether oxygens (including phenoxy) is 2. The van der Waals surface area contributed by atoms with Crippen molar-refractivity contribution in [3.05, 3.63) is 95.0 Å². The van der Waals surface area contributed by atoms with Gasteiger partial charge in [0.2, 0.25) is 11.8 Å². The summed E-state index contributed by atoms with van der Waals surface area (Å²) in [7, 11) is 1.61. The number of hydrogen-bond donors (Lipinski definition) is 1. The Labute approximate surface area is 230 Å². The van der Waals surface area contributed by atoms with E-state index < -0.39 is 6.04 Å². The number of carbonyl (C=O) groups excluding carboxylic acids is 2.